The van der Waals surface area contributed by atoms with E-state index in [1.165, 1.54) is 0 Å². The van der Waals surface area contributed by atoms with E-state index >= 15 is 0 Å². The molecule has 0 aromatic rings. The van der Waals surface area contributed by atoms with E-state index in [2.05, 4.69) is 5.87 Å². The van der Waals surface area contributed by atoms with Crippen molar-refractivity contribution in [3.63, 3.8) is 0 Å². The molecule has 1 N–H and O–H groups in total. The van der Waals surface area contributed by atoms with Gasteiger partial charge in [-0.3, -0.25) is 0 Å². The van der Waals surface area contributed by atoms with Gasteiger partial charge < -0.3 is 0 Å². The summed E-state index contributed by atoms with van der Waals surface area (Å²) >= 11 is 0. The van der Waals surface area contributed by atoms with Crippen molar-refractivity contribution in [2.45, 2.75) is 0 Å². The van der Waals surface area contributed by atoms with Crippen molar-refractivity contribution >= 4 is 16.1 Å². The molecule has 0 bridgehead atoms. The highest BCUT2D eigenvalue weighted by molar-refractivity contribution is 7.71. The largest absolute Gasteiger partial charge is 0.223 e. The average Bonchev–Trinajstić information content (AvgIpc) is 0.811. The molecule has 0 heterocycles. The molecule has 0 aliphatic carbocycles. The summed E-state index contributed by atoms with van der Waals surface area (Å²) in [6, 6.07) is 0. The van der Waals surface area contributed by atoms with E-state index < -0.39 is 10.2 Å². The van der Waals surface area contributed by atoms with E-state index in [1.807, 2.05) is 0 Å². The lowest BCUT2D eigenvalue weighted by molar-refractivity contribution is 0.695. The first kappa shape index (κ1) is 3.69. The second kappa shape index (κ2) is 1.06. The van der Waals surface area contributed by atoms with Gasteiger partial charge in [0, 0.05) is 5.87 Å². The summed E-state index contributed by atoms with van der Waals surface area (Å²) in [5, 5.41) is 0. The van der Waals surface area contributed by atoms with Gasteiger partial charge in [0.25, 0.3) is 0 Å². The summed E-state index contributed by atoms with van der Waals surface area (Å²) in [5.74, 6) is 2.78. The minimum absolute atomic E-state index is 1.61. The zero-order valence-electron chi connectivity index (χ0n) is 2.02. The van der Waals surface area contributed by atoms with Crippen LogP contribution in [-0.2, 0) is 10.2 Å². The monoisotopic (exact) mass is 77.0 g/mol. The van der Waals surface area contributed by atoms with E-state index in [0.717, 1.165) is 0 Å². The van der Waals surface area contributed by atoms with Gasteiger partial charge in [0.2, 0.25) is 0 Å². The molecular formula is CH3NOS. The van der Waals surface area contributed by atoms with Crippen LogP contribution in [0.4, 0.5) is 0 Å². The van der Waals surface area contributed by atoms with Crippen LogP contribution in [0.15, 0.2) is 0 Å². The van der Waals surface area contributed by atoms with Crippen molar-refractivity contribution in [3.05, 3.63) is 0 Å². The fourth-order valence-electron chi connectivity index (χ4n) is 0. The zero-order chi connectivity index (χ0) is 3.58. The van der Waals surface area contributed by atoms with Crippen molar-refractivity contribution in [2.75, 3.05) is 0 Å². The second-order valence-corrected chi connectivity index (χ2v) is 1.04. The van der Waals surface area contributed by atoms with E-state index in [0.29, 0.717) is 0 Å². The van der Waals surface area contributed by atoms with Crippen LogP contribution in [0.25, 0.3) is 0 Å². The van der Waals surface area contributed by atoms with Crippen LogP contribution < -0.4 is 0 Å². The maximum atomic E-state index is 9.11. The third-order valence-electron chi connectivity index (χ3n) is 0. The number of nitrogens with one attached hydrogen (secondary N) is 1. The molecule has 0 saturated heterocycles. The Labute approximate surface area is 26.0 Å². The highest BCUT2D eigenvalue weighted by Crippen LogP contribution is 1.15. The molecule has 0 radical (unpaired) electrons. The minimum atomic E-state index is -1.61. The van der Waals surface area contributed by atoms with Crippen LogP contribution >= 0.6 is 0 Å². The molecule has 0 aromatic heterocycles. The summed E-state index contributed by atoms with van der Waals surface area (Å²) < 4.78 is 15.1. The predicted octanol–water partition coefficient (Wildman–Crippen LogP) is -0.0705. The highest BCUT2D eigenvalue weighted by Gasteiger charge is 1.21. The first-order valence-corrected chi connectivity index (χ1v) is 1.98. The van der Waals surface area contributed by atoms with Crippen LogP contribution in [0.5, 0.6) is 0 Å². The van der Waals surface area contributed by atoms with Crippen LogP contribution in [0.2, 0.25) is 0 Å². The predicted molar refractivity (Wildman–Crippen MR) is 18.0 cm³/mol. The van der Waals surface area contributed by atoms with Gasteiger partial charge in [-0.2, -0.15) is 0 Å². The number of rotatable bonds is 0. The molecule has 0 atom stereocenters. The third kappa shape index (κ3) is 8.37. The zero-order valence-corrected chi connectivity index (χ0v) is 2.84. The van der Waals surface area contributed by atoms with Crippen molar-refractivity contribution in [3.8, 4) is 0 Å². The molecule has 0 amide bonds. The van der Waals surface area contributed by atoms with Crippen LogP contribution in [0.3, 0.4) is 0 Å². The summed E-state index contributed by atoms with van der Waals surface area (Å²) in [5.41, 5.74) is 0. The highest BCUT2D eigenvalue weighted by atomic mass is 32.2. The lowest BCUT2D eigenvalue weighted by Gasteiger charge is -1.26. The van der Waals surface area contributed by atoms with Crippen molar-refractivity contribution in [1.29, 1.82) is 4.78 Å². The summed E-state index contributed by atoms with van der Waals surface area (Å²) in [4.78, 5) is 0. The van der Waals surface area contributed by atoms with Crippen molar-refractivity contribution in [1.82, 2.24) is 0 Å². The molecule has 0 aliphatic rings. The normalized spacial score (nSPS) is 6.00. The SMILES string of the molecule is C=S(=N)=O. The van der Waals surface area contributed by atoms with Gasteiger partial charge in [-0.25, -0.2) is 8.99 Å². The Morgan fingerprint density at radius 1 is 2.00 bits per heavy atom. The lowest BCUT2D eigenvalue weighted by atomic mass is 12.0. The molecular weight excluding hydrogens is 74.1 g/mol. The summed E-state index contributed by atoms with van der Waals surface area (Å²) in [7, 11) is -1.61. The smallest absolute Gasteiger partial charge is 0.0862 e. The Balaban J connectivity index is 4.65. The lowest BCUT2D eigenvalue weighted by Crippen LogP contribution is -1.33. The molecule has 0 rings (SSSR count). The molecule has 0 aliphatic heterocycles. The van der Waals surface area contributed by atoms with Crippen LogP contribution in [0.1, 0.15) is 0 Å². The molecule has 0 spiro atoms. The second-order valence-electron chi connectivity index (χ2n) is 0.346. The number of hydrogen-bond donors (Lipinski definition) is 1. The Hall–Kier alpha value is -0.310. The number of hydrogen-bond acceptors (Lipinski definition) is 2. The maximum Gasteiger partial charge on any atom is 0.0862 e. The Bertz CT molecular complexity index is 77.4. The van der Waals surface area contributed by atoms with E-state index in [-0.39, 0.29) is 0 Å². The van der Waals surface area contributed by atoms with Gasteiger partial charge in [0.15, 0.2) is 0 Å². The molecule has 4 heavy (non-hydrogen) atoms. The van der Waals surface area contributed by atoms with Crippen LogP contribution in [-0.4, -0.2) is 10.1 Å². The van der Waals surface area contributed by atoms with E-state index in [1.54, 1.807) is 0 Å². The van der Waals surface area contributed by atoms with Crippen LogP contribution in [0, 0.1) is 4.78 Å². The standard InChI is InChI=1S/CH3NOS/c1-4(2)3/h2H,1H2. The van der Waals surface area contributed by atoms with Gasteiger partial charge in [-0.05, 0) is 0 Å². The maximum absolute atomic E-state index is 9.11. The topological polar surface area (TPSA) is 40.9 Å². The molecule has 0 aromatic carbocycles. The molecule has 3 heteroatoms. The van der Waals surface area contributed by atoms with Gasteiger partial charge in [-0.15, -0.1) is 0 Å². The summed E-state index contributed by atoms with van der Waals surface area (Å²) in [6.07, 6.45) is 0. The van der Waals surface area contributed by atoms with E-state index in [9.17, 15) is 0 Å². The summed E-state index contributed by atoms with van der Waals surface area (Å²) in [6.45, 7) is 0. The molecule has 0 fully saturated rings. The molecule has 0 saturated carbocycles. The molecule has 24 valence electrons. The van der Waals surface area contributed by atoms with Crippen molar-refractivity contribution < 1.29 is 4.21 Å². The minimum Gasteiger partial charge on any atom is -0.223 e. The van der Waals surface area contributed by atoms with Gasteiger partial charge in [0.1, 0.15) is 0 Å². The first-order chi connectivity index (χ1) is 1.73. The third-order valence-corrected chi connectivity index (χ3v) is 0. The van der Waals surface area contributed by atoms with Gasteiger partial charge >= 0.3 is 0 Å². The average molecular weight is 77.1 g/mol. The molecule has 0 unspecified atom stereocenters. The van der Waals surface area contributed by atoms with Gasteiger partial charge in [0.05, 0.1) is 10.2 Å². The molecule has 2 nitrogen and oxygen atoms in total. The van der Waals surface area contributed by atoms with Gasteiger partial charge in [-0.1, -0.05) is 0 Å². The fourth-order valence-corrected chi connectivity index (χ4v) is 0. The Kier molecular flexibility index (Phi) is 0.979. The van der Waals surface area contributed by atoms with Crippen molar-refractivity contribution in [2.24, 2.45) is 0 Å². The fraction of sp³-hybridized carbons (Fsp3) is 0. The van der Waals surface area contributed by atoms with E-state index in [4.69, 9.17) is 8.99 Å². The Morgan fingerprint density at radius 2 is 2.00 bits per heavy atom. The quantitative estimate of drug-likeness (QED) is 0.404. The Morgan fingerprint density at radius 3 is 2.00 bits per heavy atom. The first-order valence-electron chi connectivity index (χ1n) is 0.659.